The molecule has 1 fully saturated rings. The van der Waals surface area contributed by atoms with Crippen molar-refractivity contribution >= 4 is 21.4 Å². The SMILES string of the molecule is CCC1CCCN1S(=O)(=O)c1csc(CNC)c1. The third-order valence-electron chi connectivity index (χ3n) is 3.38. The van der Waals surface area contributed by atoms with Crippen LogP contribution in [0.1, 0.15) is 31.1 Å². The van der Waals surface area contributed by atoms with Crippen molar-refractivity contribution in [2.24, 2.45) is 0 Å². The van der Waals surface area contributed by atoms with Crippen molar-refractivity contribution in [3.05, 3.63) is 16.3 Å². The summed E-state index contributed by atoms with van der Waals surface area (Å²) in [6.07, 6.45) is 2.86. The van der Waals surface area contributed by atoms with E-state index in [2.05, 4.69) is 12.2 Å². The van der Waals surface area contributed by atoms with Crippen molar-refractivity contribution in [3.8, 4) is 0 Å². The molecule has 2 heterocycles. The molecule has 0 aromatic carbocycles. The van der Waals surface area contributed by atoms with Crippen LogP contribution < -0.4 is 5.32 Å². The van der Waals surface area contributed by atoms with Crippen molar-refractivity contribution < 1.29 is 8.42 Å². The largest absolute Gasteiger partial charge is 0.315 e. The van der Waals surface area contributed by atoms with E-state index >= 15 is 0 Å². The van der Waals surface area contributed by atoms with Crippen LogP contribution >= 0.6 is 11.3 Å². The van der Waals surface area contributed by atoms with Gasteiger partial charge in [-0.15, -0.1) is 11.3 Å². The zero-order chi connectivity index (χ0) is 13.2. The van der Waals surface area contributed by atoms with Crippen molar-refractivity contribution in [2.45, 2.75) is 43.7 Å². The van der Waals surface area contributed by atoms with Crippen LogP contribution in [0.2, 0.25) is 0 Å². The van der Waals surface area contributed by atoms with Crippen LogP contribution in [0.5, 0.6) is 0 Å². The average molecular weight is 288 g/mol. The number of hydrogen-bond donors (Lipinski definition) is 1. The summed E-state index contributed by atoms with van der Waals surface area (Å²) in [5.41, 5.74) is 0. The van der Waals surface area contributed by atoms with Gasteiger partial charge in [0, 0.05) is 29.4 Å². The van der Waals surface area contributed by atoms with E-state index in [1.54, 1.807) is 15.8 Å². The molecule has 0 aliphatic carbocycles. The minimum absolute atomic E-state index is 0.183. The van der Waals surface area contributed by atoms with Gasteiger partial charge in [0.2, 0.25) is 10.0 Å². The standard InChI is InChI=1S/C12H20N2O2S2/c1-3-10-5-4-6-14(10)18(15,16)12-7-11(8-13-2)17-9-12/h7,9-10,13H,3-6,8H2,1-2H3. The molecule has 2 rings (SSSR count). The van der Waals surface area contributed by atoms with E-state index in [4.69, 9.17) is 0 Å². The molecule has 1 saturated heterocycles. The van der Waals surface area contributed by atoms with Gasteiger partial charge in [0.25, 0.3) is 0 Å². The van der Waals surface area contributed by atoms with Crippen molar-refractivity contribution in [3.63, 3.8) is 0 Å². The first-order valence-corrected chi connectivity index (χ1v) is 8.65. The van der Waals surface area contributed by atoms with Gasteiger partial charge < -0.3 is 5.32 Å². The topological polar surface area (TPSA) is 49.4 Å². The lowest BCUT2D eigenvalue weighted by Gasteiger charge is -2.22. The maximum atomic E-state index is 12.5. The highest BCUT2D eigenvalue weighted by Crippen LogP contribution is 2.29. The third kappa shape index (κ3) is 2.61. The lowest BCUT2D eigenvalue weighted by atomic mass is 10.2. The van der Waals surface area contributed by atoms with Crippen LogP contribution in [0.25, 0.3) is 0 Å². The first kappa shape index (κ1) is 14.0. The van der Waals surface area contributed by atoms with E-state index in [0.29, 0.717) is 11.4 Å². The second-order valence-electron chi connectivity index (χ2n) is 4.60. The second-order valence-corrected chi connectivity index (χ2v) is 7.49. The molecular weight excluding hydrogens is 268 g/mol. The molecule has 102 valence electrons. The van der Waals surface area contributed by atoms with Crippen LogP contribution in [0.15, 0.2) is 16.3 Å². The second kappa shape index (κ2) is 5.69. The molecule has 1 N–H and O–H groups in total. The van der Waals surface area contributed by atoms with Crippen LogP contribution in [0.3, 0.4) is 0 Å². The molecule has 4 nitrogen and oxygen atoms in total. The van der Waals surface area contributed by atoms with Gasteiger partial charge in [-0.1, -0.05) is 6.92 Å². The van der Waals surface area contributed by atoms with Crippen LogP contribution in [0.4, 0.5) is 0 Å². The Morgan fingerprint density at radius 1 is 1.56 bits per heavy atom. The molecule has 1 aromatic rings. The van der Waals surface area contributed by atoms with Gasteiger partial charge in [-0.2, -0.15) is 4.31 Å². The smallest absolute Gasteiger partial charge is 0.244 e. The molecule has 1 atom stereocenters. The van der Waals surface area contributed by atoms with Gasteiger partial charge in [-0.3, -0.25) is 0 Å². The highest BCUT2D eigenvalue weighted by molar-refractivity contribution is 7.89. The number of nitrogens with zero attached hydrogens (tertiary/aromatic N) is 1. The van der Waals surface area contributed by atoms with Crippen molar-refractivity contribution in [2.75, 3.05) is 13.6 Å². The molecular formula is C12H20N2O2S2. The summed E-state index contributed by atoms with van der Waals surface area (Å²) in [7, 11) is -1.42. The summed E-state index contributed by atoms with van der Waals surface area (Å²) in [5, 5.41) is 4.80. The van der Waals surface area contributed by atoms with E-state index < -0.39 is 10.0 Å². The highest BCUT2D eigenvalue weighted by atomic mass is 32.2. The van der Waals surface area contributed by atoms with E-state index in [1.165, 1.54) is 11.3 Å². The van der Waals surface area contributed by atoms with Crippen molar-refractivity contribution in [1.29, 1.82) is 0 Å². The molecule has 1 unspecified atom stereocenters. The minimum atomic E-state index is -3.28. The molecule has 0 bridgehead atoms. The molecule has 1 aromatic heterocycles. The molecule has 1 aliphatic heterocycles. The quantitative estimate of drug-likeness (QED) is 0.902. The Morgan fingerprint density at radius 2 is 2.33 bits per heavy atom. The van der Waals surface area contributed by atoms with Gasteiger partial charge in [0.05, 0.1) is 4.90 Å². The highest BCUT2D eigenvalue weighted by Gasteiger charge is 2.34. The number of hydrogen-bond acceptors (Lipinski definition) is 4. The Balaban J connectivity index is 2.24. The summed E-state index contributed by atoms with van der Waals surface area (Å²) < 4.78 is 26.7. The lowest BCUT2D eigenvalue weighted by Crippen LogP contribution is -2.34. The zero-order valence-electron chi connectivity index (χ0n) is 10.8. The van der Waals surface area contributed by atoms with Crippen LogP contribution in [0, 0.1) is 0 Å². The Bertz CT molecular complexity index is 496. The predicted molar refractivity (Wildman–Crippen MR) is 74.3 cm³/mol. The van der Waals surface area contributed by atoms with Gasteiger partial charge in [-0.25, -0.2) is 8.42 Å². The lowest BCUT2D eigenvalue weighted by molar-refractivity contribution is 0.380. The maximum absolute atomic E-state index is 12.5. The zero-order valence-corrected chi connectivity index (χ0v) is 12.5. The van der Waals surface area contributed by atoms with E-state index in [1.807, 2.05) is 7.05 Å². The Hall–Kier alpha value is -0.430. The van der Waals surface area contributed by atoms with Gasteiger partial charge in [0.15, 0.2) is 0 Å². The summed E-state index contributed by atoms with van der Waals surface area (Å²) in [6, 6.07) is 1.98. The van der Waals surface area contributed by atoms with Crippen LogP contribution in [-0.4, -0.2) is 32.4 Å². The van der Waals surface area contributed by atoms with Gasteiger partial charge in [0.1, 0.15) is 0 Å². The predicted octanol–water partition coefficient (Wildman–Crippen LogP) is 2.03. The van der Waals surface area contributed by atoms with E-state index in [-0.39, 0.29) is 6.04 Å². The third-order valence-corrected chi connectivity index (χ3v) is 6.40. The molecule has 1 aliphatic rings. The summed E-state index contributed by atoms with van der Waals surface area (Å²) in [6.45, 7) is 3.44. The number of nitrogens with one attached hydrogen (secondary N) is 1. The van der Waals surface area contributed by atoms with Gasteiger partial charge >= 0.3 is 0 Å². The monoisotopic (exact) mass is 288 g/mol. The number of rotatable bonds is 5. The summed E-state index contributed by atoms with van der Waals surface area (Å²) >= 11 is 1.50. The average Bonchev–Trinajstić information content (AvgIpc) is 2.97. The Labute approximate surface area is 113 Å². The summed E-state index contributed by atoms with van der Waals surface area (Å²) in [5.74, 6) is 0. The van der Waals surface area contributed by atoms with E-state index in [0.717, 1.165) is 30.7 Å². The molecule has 0 spiro atoms. The molecule has 0 saturated carbocycles. The fourth-order valence-corrected chi connectivity index (χ4v) is 5.47. The molecule has 0 amide bonds. The summed E-state index contributed by atoms with van der Waals surface area (Å²) in [4.78, 5) is 1.52. The maximum Gasteiger partial charge on any atom is 0.244 e. The van der Waals surface area contributed by atoms with Gasteiger partial charge in [-0.05, 0) is 32.4 Å². The molecule has 0 radical (unpaired) electrons. The fraction of sp³-hybridized carbons (Fsp3) is 0.667. The van der Waals surface area contributed by atoms with E-state index in [9.17, 15) is 8.42 Å². The van der Waals surface area contributed by atoms with Crippen LogP contribution in [-0.2, 0) is 16.6 Å². The number of sulfonamides is 1. The van der Waals surface area contributed by atoms with Crippen molar-refractivity contribution in [1.82, 2.24) is 9.62 Å². The molecule has 18 heavy (non-hydrogen) atoms. The normalized spacial score (nSPS) is 21.6. The number of thiophene rings is 1. The minimum Gasteiger partial charge on any atom is -0.315 e. The molecule has 6 heteroatoms. The Morgan fingerprint density at radius 3 is 3.00 bits per heavy atom. The fourth-order valence-electron chi connectivity index (χ4n) is 2.43. The first-order valence-electron chi connectivity index (χ1n) is 6.33. The Kier molecular flexibility index (Phi) is 4.42. The first-order chi connectivity index (χ1) is 8.59.